The van der Waals surface area contributed by atoms with E-state index in [2.05, 4.69) is 0 Å². The molecule has 1 aromatic heterocycles. The highest BCUT2D eigenvalue weighted by Gasteiger charge is 2.27. The Morgan fingerprint density at radius 2 is 1.63 bits per heavy atom. The number of carbonyl (C=O) groups is 2. The van der Waals surface area contributed by atoms with Gasteiger partial charge >= 0.3 is 17.8 Å². The standard InChI is InChI=1S/C20H18N4O6/c1-12(25)30-15-10-8-14(9-11-15)23(20(28)29)16-17(21)24(13-6-4-3-5-7-13)19(27)22(2)18(16)26/h3-11H,21H2,1-2H3,(H,28,29). The lowest BCUT2D eigenvalue weighted by molar-refractivity contribution is -0.131. The van der Waals surface area contributed by atoms with Crippen molar-refractivity contribution in [3.8, 4) is 11.4 Å². The number of nitrogens with two attached hydrogens (primary N) is 1. The lowest BCUT2D eigenvalue weighted by atomic mass is 10.2. The average molecular weight is 410 g/mol. The van der Waals surface area contributed by atoms with Crippen molar-refractivity contribution >= 4 is 29.3 Å². The van der Waals surface area contributed by atoms with Crippen molar-refractivity contribution in [3.05, 3.63) is 75.4 Å². The first-order valence-electron chi connectivity index (χ1n) is 8.71. The van der Waals surface area contributed by atoms with E-state index in [-0.39, 0.29) is 17.3 Å². The summed E-state index contributed by atoms with van der Waals surface area (Å²) in [4.78, 5) is 49.3. The number of hydrogen-bond donors (Lipinski definition) is 2. The van der Waals surface area contributed by atoms with Crippen molar-refractivity contribution in [1.29, 1.82) is 0 Å². The second-order valence-electron chi connectivity index (χ2n) is 6.26. The Hall–Kier alpha value is -4.34. The SMILES string of the molecule is CC(=O)Oc1ccc(N(C(=O)O)c2c(N)n(-c3ccccc3)c(=O)n(C)c2=O)cc1. The van der Waals surface area contributed by atoms with E-state index >= 15 is 0 Å². The number of nitrogen functional groups attached to an aromatic ring is 1. The first-order chi connectivity index (χ1) is 14.2. The van der Waals surface area contributed by atoms with Gasteiger partial charge in [0.25, 0.3) is 5.56 Å². The maximum Gasteiger partial charge on any atom is 0.416 e. The normalized spacial score (nSPS) is 10.5. The molecule has 10 heteroatoms. The maximum atomic E-state index is 12.8. The first-order valence-corrected chi connectivity index (χ1v) is 8.71. The predicted octanol–water partition coefficient (Wildman–Crippen LogP) is 1.86. The fourth-order valence-corrected chi connectivity index (χ4v) is 2.92. The summed E-state index contributed by atoms with van der Waals surface area (Å²) in [5.74, 6) is -0.668. The molecular weight excluding hydrogens is 392 g/mol. The minimum atomic E-state index is -1.49. The largest absolute Gasteiger partial charge is 0.464 e. The van der Waals surface area contributed by atoms with E-state index in [0.29, 0.717) is 10.6 Å². The number of hydrogen-bond acceptors (Lipinski definition) is 6. The Morgan fingerprint density at radius 1 is 1.03 bits per heavy atom. The molecule has 2 aromatic carbocycles. The summed E-state index contributed by atoms with van der Waals surface area (Å²) in [6, 6.07) is 13.7. The van der Waals surface area contributed by atoms with E-state index < -0.39 is 29.0 Å². The van der Waals surface area contributed by atoms with Gasteiger partial charge in [0.2, 0.25) is 0 Å². The van der Waals surface area contributed by atoms with Crippen LogP contribution in [0, 0.1) is 0 Å². The van der Waals surface area contributed by atoms with E-state index in [0.717, 1.165) is 9.13 Å². The van der Waals surface area contributed by atoms with Gasteiger partial charge < -0.3 is 15.6 Å². The summed E-state index contributed by atoms with van der Waals surface area (Å²) in [6.45, 7) is 1.23. The highest BCUT2D eigenvalue weighted by molar-refractivity contribution is 5.97. The van der Waals surface area contributed by atoms with Gasteiger partial charge in [-0.1, -0.05) is 18.2 Å². The van der Waals surface area contributed by atoms with Gasteiger partial charge in [0.15, 0.2) is 5.69 Å². The number of carbonyl (C=O) groups excluding carboxylic acids is 1. The predicted molar refractivity (Wildman–Crippen MR) is 110 cm³/mol. The maximum absolute atomic E-state index is 12.8. The Kier molecular flexibility index (Phi) is 5.41. The third-order valence-electron chi connectivity index (χ3n) is 4.25. The van der Waals surface area contributed by atoms with Crippen molar-refractivity contribution in [1.82, 2.24) is 9.13 Å². The molecule has 154 valence electrons. The van der Waals surface area contributed by atoms with E-state index in [4.69, 9.17) is 10.5 Å². The van der Waals surface area contributed by atoms with Crippen molar-refractivity contribution in [3.63, 3.8) is 0 Å². The van der Waals surface area contributed by atoms with E-state index in [1.165, 1.54) is 38.2 Å². The first kappa shape index (κ1) is 20.4. The molecule has 1 heterocycles. The van der Waals surface area contributed by atoms with Crippen LogP contribution in [0.5, 0.6) is 5.75 Å². The Labute approximate surface area is 170 Å². The molecule has 0 atom stereocenters. The smallest absolute Gasteiger partial charge is 0.416 e. The van der Waals surface area contributed by atoms with Gasteiger partial charge in [-0.05, 0) is 36.4 Å². The number of para-hydroxylation sites is 1. The second kappa shape index (κ2) is 7.95. The molecule has 0 aliphatic heterocycles. The van der Waals surface area contributed by atoms with Crippen molar-refractivity contribution in [2.75, 3.05) is 10.6 Å². The molecule has 3 aromatic rings. The summed E-state index contributed by atoms with van der Waals surface area (Å²) in [5, 5.41) is 9.81. The Balaban J connectivity index is 2.25. The quantitative estimate of drug-likeness (QED) is 0.495. The summed E-state index contributed by atoms with van der Waals surface area (Å²) in [5.41, 5.74) is 4.56. The number of ether oxygens (including phenoxy) is 1. The van der Waals surface area contributed by atoms with Gasteiger partial charge in [-0.25, -0.2) is 19.1 Å². The van der Waals surface area contributed by atoms with Gasteiger partial charge in [0.05, 0.1) is 11.4 Å². The third-order valence-corrected chi connectivity index (χ3v) is 4.25. The molecule has 0 unspecified atom stereocenters. The van der Waals surface area contributed by atoms with Crippen LogP contribution >= 0.6 is 0 Å². The number of benzene rings is 2. The molecule has 3 N–H and O–H groups in total. The van der Waals surface area contributed by atoms with E-state index in [1.807, 2.05) is 0 Å². The van der Waals surface area contributed by atoms with Crippen LogP contribution in [0.15, 0.2) is 64.2 Å². The molecule has 0 fully saturated rings. The lowest BCUT2D eigenvalue weighted by Crippen LogP contribution is -2.43. The van der Waals surface area contributed by atoms with Crippen molar-refractivity contribution < 1.29 is 19.4 Å². The zero-order valence-corrected chi connectivity index (χ0v) is 16.1. The number of amides is 1. The van der Waals surface area contributed by atoms with Crippen LogP contribution in [0.1, 0.15) is 6.92 Å². The van der Waals surface area contributed by atoms with Crippen LogP contribution in [0.25, 0.3) is 5.69 Å². The molecule has 0 aliphatic carbocycles. The van der Waals surface area contributed by atoms with E-state index in [9.17, 15) is 24.3 Å². The molecule has 0 aliphatic rings. The highest BCUT2D eigenvalue weighted by atomic mass is 16.5. The fraction of sp³-hybridized carbons (Fsp3) is 0.100. The van der Waals surface area contributed by atoms with Gasteiger partial charge in [0.1, 0.15) is 11.6 Å². The van der Waals surface area contributed by atoms with Crippen molar-refractivity contribution in [2.45, 2.75) is 6.92 Å². The number of rotatable bonds is 4. The topological polar surface area (TPSA) is 137 Å². The van der Waals surface area contributed by atoms with Crippen LogP contribution in [0.2, 0.25) is 0 Å². The zero-order valence-electron chi connectivity index (χ0n) is 16.1. The molecule has 0 bridgehead atoms. The Bertz CT molecular complexity index is 1230. The summed E-state index contributed by atoms with van der Waals surface area (Å²) >= 11 is 0. The summed E-state index contributed by atoms with van der Waals surface area (Å²) in [7, 11) is 1.23. The van der Waals surface area contributed by atoms with Gasteiger partial charge in [-0.2, -0.15) is 0 Å². The van der Waals surface area contributed by atoms with E-state index in [1.54, 1.807) is 30.3 Å². The zero-order chi connectivity index (χ0) is 22.0. The minimum Gasteiger partial charge on any atom is -0.464 e. The third kappa shape index (κ3) is 3.65. The molecule has 10 nitrogen and oxygen atoms in total. The number of aromatic nitrogens is 2. The number of anilines is 3. The summed E-state index contributed by atoms with van der Waals surface area (Å²) in [6.07, 6.45) is -1.49. The van der Waals surface area contributed by atoms with Gasteiger partial charge in [-0.15, -0.1) is 0 Å². The molecule has 0 saturated heterocycles. The Morgan fingerprint density at radius 3 is 2.17 bits per heavy atom. The highest BCUT2D eigenvalue weighted by Crippen LogP contribution is 2.29. The monoisotopic (exact) mass is 410 g/mol. The van der Waals surface area contributed by atoms with Gasteiger partial charge in [-0.3, -0.25) is 14.2 Å². The summed E-state index contributed by atoms with van der Waals surface area (Å²) < 4.78 is 6.77. The molecule has 3 rings (SSSR count). The lowest BCUT2D eigenvalue weighted by Gasteiger charge is -2.23. The molecule has 30 heavy (non-hydrogen) atoms. The molecular formula is C20H18N4O6. The van der Waals surface area contributed by atoms with Crippen LogP contribution in [0.3, 0.4) is 0 Å². The van der Waals surface area contributed by atoms with Crippen LogP contribution < -0.4 is 26.6 Å². The molecule has 0 radical (unpaired) electrons. The molecule has 0 saturated carbocycles. The van der Waals surface area contributed by atoms with Crippen LogP contribution in [0.4, 0.5) is 22.0 Å². The van der Waals surface area contributed by atoms with Crippen molar-refractivity contribution in [2.24, 2.45) is 7.05 Å². The van der Waals surface area contributed by atoms with Crippen LogP contribution in [-0.4, -0.2) is 26.3 Å². The second-order valence-corrected chi connectivity index (χ2v) is 6.26. The minimum absolute atomic E-state index is 0.0699. The number of esters is 1. The van der Waals surface area contributed by atoms with Gasteiger partial charge in [0, 0.05) is 14.0 Å². The fourth-order valence-electron chi connectivity index (χ4n) is 2.92. The average Bonchev–Trinajstić information content (AvgIpc) is 2.71. The molecule has 1 amide bonds. The number of nitrogens with zero attached hydrogens (tertiary/aromatic N) is 3. The number of carboxylic acid groups (broad SMARTS) is 1. The molecule has 0 spiro atoms. The van der Waals surface area contributed by atoms with Crippen LogP contribution in [-0.2, 0) is 11.8 Å².